The number of halogens is 1. The molecule has 0 aliphatic heterocycles. The molecular weight excluding hydrogens is 192 g/mol. The lowest BCUT2D eigenvalue weighted by atomic mass is 10.5. The number of carbonyl (C=O) groups is 1. The van der Waals surface area contributed by atoms with Gasteiger partial charge in [-0.3, -0.25) is 9.59 Å². The molecule has 0 aliphatic rings. The summed E-state index contributed by atoms with van der Waals surface area (Å²) in [5, 5.41) is 0.0957. The largest absolute Gasteiger partial charge is 0.427 e. The Labute approximate surface area is 79.9 Å². The molecular formula is C9H7ClO3. The number of ether oxygens (including phenoxy) is 1. The van der Waals surface area contributed by atoms with Gasteiger partial charge < -0.3 is 4.74 Å². The van der Waals surface area contributed by atoms with Crippen LogP contribution in [0.2, 0.25) is 5.02 Å². The molecule has 0 spiro atoms. The van der Waals surface area contributed by atoms with Crippen LogP contribution < -0.4 is 10.2 Å². The molecule has 1 aromatic carbocycles. The van der Waals surface area contributed by atoms with Crippen molar-refractivity contribution in [3.8, 4) is 5.75 Å². The lowest BCUT2D eigenvalue weighted by Gasteiger charge is -1.95. The molecule has 0 saturated carbocycles. The highest BCUT2D eigenvalue weighted by atomic mass is 35.5. The Balaban J connectivity index is 3.09. The van der Waals surface area contributed by atoms with E-state index in [1.54, 1.807) is 0 Å². The van der Waals surface area contributed by atoms with E-state index in [2.05, 4.69) is 0 Å². The zero-order chi connectivity index (χ0) is 9.84. The van der Waals surface area contributed by atoms with Crippen molar-refractivity contribution in [1.29, 1.82) is 0 Å². The molecule has 0 amide bonds. The van der Waals surface area contributed by atoms with E-state index in [0.29, 0.717) is 5.75 Å². The molecule has 0 aromatic heterocycles. The first-order valence-electron chi connectivity index (χ1n) is 3.58. The monoisotopic (exact) mass is 198 g/mol. The van der Waals surface area contributed by atoms with E-state index in [4.69, 9.17) is 16.3 Å². The van der Waals surface area contributed by atoms with Gasteiger partial charge in [0.25, 0.3) is 0 Å². The van der Waals surface area contributed by atoms with Crippen LogP contribution in [0.4, 0.5) is 0 Å². The van der Waals surface area contributed by atoms with Gasteiger partial charge >= 0.3 is 5.97 Å². The normalized spacial score (nSPS) is 9.38. The molecule has 0 heterocycles. The van der Waals surface area contributed by atoms with Gasteiger partial charge in [0.2, 0.25) is 0 Å². The Morgan fingerprint density at radius 1 is 1.31 bits per heavy atom. The van der Waals surface area contributed by atoms with Gasteiger partial charge in [-0.1, -0.05) is 11.6 Å². The zero-order valence-corrected chi connectivity index (χ0v) is 7.67. The quantitative estimate of drug-likeness (QED) is 0.645. The minimum absolute atomic E-state index is 0.0957. The van der Waals surface area contributed by atoms with Crippen LogP contribution in [0.5, 0.6) is 5.75 Å². The summed E-state index contributed by atoms with van der Waals surface area (Å²) in [7, 11) is 0. The van der Waals surface area contributed by atoms with Crippen LogP contribution in [0, 0.1) is 0 Å². The topological polar surface area (TPSA) is 43.4 Å². The predicted octanol–water partition coefficient (Wildman–Crippen LogP) is 1.63. The highest BCUT2D eigenvalue weighted by molar-refractivity contribution is 6.30. The van der Waals surface area contributed by atoms with E-state index in [1.807, 2.05) is 0 Å². The van der Waals surface area contributed by atoms with Crippen molar-refractivity contribution in [2.45, 2.75) is 6.92 Å². The van der Waals surface area contributed by atoms with E-state index < -0.39 is 5.97 Å². The van der Waals surface area contributed by atoms with Gasteiger partial charge in [0, 0.05) is 6.92 Å². The fourth-order valence-electron chi connectivity index (χ4n) is 0.764. The van der Waals surface area contributed by atoms with E-state index in [-0.39, 0.29) is 10.5 Å². The molecule has 1 rings (SSSR count). The fourth-order valence-corrected chi connectivity index (χ4v) is 0.890. The molecule has 0 bridgehead atoms. The number of esters is 1. The van der Waals surface area contributed by atoms with E-state index in [0.717, 1.165) is 0 Å². The van der Waals surface area contributed by atoms with Crippen LogP contribution in [-0.4, -0.2) is 5.97 Å². The molecule has 0 unspecified atom stereocenters. The second-order valence-corrected chi connectivity index (χ2v) is 2.78. The van der Waals surface area contributed by atoms with Gasteiger partial charge in [0.05, 0.1) is 5.02 Å². The van der Waals surface area contributed by atoms with Crippen molar-refractivity contribution in [2.24, 2.45) is 0 Å². The van der Waals surface area contributed by atoms with Crippen LogP contribution >= 0.6 is 11.6 Å². The van der Waals surface area contributed by atoms with Crippen LogP contribution in [-0.2, 0) is 4.79 Å². The SMILES string of the molecule is CC(=O)Oc1ccc(Cl)c(=O)cc1. The van der Waals surface area contributed by atoms with Crippen LogP contribution in [0.3, 0.4) is 0 Å². The highest BCUT2D eigenvalue weighted by Crippen LogP contribution is 2.09. The summed E-state index contributed by atoms with van der Waals surface area (Å²) in [4.78, 5) is 21.5. The van der Waals surface area contributed by atoms with Gasteiger partial charge in [0.1, 0.15) is 5.75 Å². The Hall–Kier alpha value is -1.35. The minimum atomic E-state index is -0.435. The Kier molecular flexibility index (Phi) is 3.03. The number of carbonyl (C=O) groups excluding carboxylic acids is 1. The van der Waals surface area contributed by atoms with E-state index in [1.165, 1.54) is 31.2 Å². The third kappa shape index (κ3) is 2.87. The fraction of sp³-hybridized carbons (Fsp3) is 0.111. The molecule has 0 radical (unpaired) electrons. The summed E-state index contributed by atoms with van der Waals surface area (Å²) in [6, 6.07) is 5.50. The average molecular weight is 199 g/mol. The van der Waals surface area contributed by atoms with Gasteiger partial charge in [-0.15, -0.1) is 0 Å². The van der Waals surface area contributed by atoms with Gasteiger partial charge in [0.15, 0.2) is 5.43 Å². The molecule has 3 nitrogen and oxygen atoms in total. The summed E-state index contributed by atoms with van der Waals surface area (Å²) in [6.07, 6.45) is 0. The Morgan fingerprint density at radius 3 is 2.54 bits per heavy atom. The second kappa shape index (κ2) is 4.05. The standard InChI is InChI=1S/C9H7ClO3/c1-6(11)13-7-2-4-8(10)9(12)5-3-7/h2-5H,1H3. The maximum Gasteiger partial charge on any atom is 0.308 e. The smallest absolute Gasteiger partial charge is 0.308 e. The zero-order valence-electron chi connectivity index (χ0n) is 6.91. The number of hydrogen-bond donors (Lipinski definition) is 0. The summed E-state index contributed by atoms with van der Waals surface area (Å²) >= 11 is 5.55. The second-order valence-electron chi connectivity index (χ2n) is 2.37. The molecule has 4 heteroatoms. The number of hydrogen-bond acceptors (Lipinski definition) is 3. The molecule has 0 aliphatic carbocycles. The van der Waals surface area contributed by atoms with Crippen molar-refractivity contribution in [1.82, 2.24) is 0 Å². The van der Waals surface area contributed by atoms with Gasteiger partial charge in [-0.25, -0.2) is 0 Å². The summed E-state index contributed by atoms with van der Waals surface area (Å²) in [5.74, 6) is -0.133. The molecule has 0 saturated heterocycles. The van der Waals surface area contributed by atoms with E-state index >= 15 is 0 Å². The first-order chi connectivity index (χ1) is 6.09. The maximum absolute atomic E-state index is 11.0. The molecule has 0 fully saturated rings. The van der Waals surface area contributed by atoms with Crippen molar-refractivity contribution >= 4 is 17.6 Å². The maximum atomic E-state index is 11.0. The average Bonchev–Trinajstić information content (AvgIpc) is 2.19. The third-order valence-corrected chi connectivity index (χ3v) is 1.60. The molecule has 0 N–H and O–H groups in total. The predicted molar refractivity (Wildman–Crippen MR) is 49.0 cm³/mol. The molecule has 1 aromatic rings. The van der Waals surface area contributed by atoms with Gasteiger partial charge in [-0.2, -0.15) is 0 Å². The highest BCUT2D eigenvalue weighted by Gasteiger charge is 1.97. The summed E-state index contributed by atoms with van der Waals surface area (Å²) in [5.41, 5.74) is -0.305. The first-order valence-corrected chi connectivity index (χ1v) is 3.95. The van der Waals surface area contributed by atoms with Crippen molar-refractivity contribution in [3.05, 3.63) is 39.5 Å². The first kappa shape index (κ1) is 9.74. The van der Waals surface area contributed by atoms with Crippen molar-refractivity contribution < 1.29 is 9.53 Å². The minimum Gasteiger partial charge on any atom is -0.427 e. The Morgan fingerprint density at radius 2 is 1.92 bits per heavy atom. The summed E-state index contributed by atoms with van der Waals surface area (Å²) < 4.78 is 4.75. The lowest BCUT2D eigenvalue weighted by molar-refractivity contribution is -0.131. The van der Waals surface area contributed by atoms with Crippen molar-refractivity contribution in [2.75, 3.05) is 0 Å². The van der Waals surface area contributed by atoms with E-state index in [9.17, 15) is 9.59 Å². The lowest BCUT2D eigenvalue weighted by Crippen LogP contribution is -2.00. The summed E-state index contributed by atoms with van der Waals surface area (Å²) in [6.45, 7) is 1.28. The molecule has 0 atom stereocenters. The third-order valence-electron chi connectivity index (χ3n) is 1.29. The van der Waals surface area contributed by atoms with Gasteiger partial charge in [-0.05, 0) is 24.3 Å². The molecule has 68 valence electrons. The van der Waals surface area contributed by atoms with Crippen LogP contribution in [0.1, 0.15) is 6.92 Å². The molecule has 13 heavy (non-hydrogen) atoms. The number of rotatable bonds is 1. The van der Waals surface area contributed by atoms with Crippen LogP contribution in [0.15, 0.2) is 29.1 Å². The Bertz CT molecular complexity index is 387. The van der Waals surface area contributed by atoms with Crippen molar-refractivity contribution in [3.63, 3.8) is 0 Å². The van der Waals surface area contributed by atoms with Crippen LogP contribution in [0.25, 0.3) is 0 Å².